The van der Waals surface area contributed by atoms with E-state index in [4.69, 9.17) is 21.1 Å². The summed E-state index contributed by atoms with van der Waals surface area (Å²) in [6.45, 7) is 0. The van der Waals surface area contributed by atoms with Crippen molar-refractivity contribution in [3.63, 3.8) is 0 Å². The van der Waals surface area contributed by atoms with Gasteiger partial charge in [0, 0.05) is 18.2 Å². The zero-order valence-electron chi connectivity index (χ0n) is 10.3. The fourth-order valence-electron chi connectivity index (χ4n) is 2.25. The van der Waals surface area contributed by atoms with E-state index in [1.165, 1.54) is 25.7 Å². The molecule has 0 heterocycles. The average Bonchev–Trinajstić information content (AvgIpc) is 2.84. The van der Waals surface area contributed by atoms with Crippen LogP contribution in [0, 0.1) is 0 Å². The summed E-state index contributed by atoms with van der Waals surface area (Å²) in [7, 11) is 3.24. The van der Waals surface area contributed by atoms with Gasteiger partial charge < -0.3 is 14.8 Å². The summed E-state index contributed by atoms with van der Waals surface area (Å²) in [5.74, 6) is 1.37. The molecule has 1 aliphatic rings. The molecular formula is C13H18ClNO2. The maximum absolute atomic E-state index is 6.22. The number of ether oxygens (including phenoxy) is 2. The van der Waals surface area contributed by atoms with E-state index in [1.807, 2.05) is 6.07 Å². The summed E-state index contributed by atoms with van der Waals surface area (Å²) < 4.78 is 10.5. The van der Waals surface area contributed by atoms with Gasteiger partial charge in [0.2, 0.25) is 0 Å². The Morgan fingerprint density at radius 3 is 2.29 bits per heavy atom. The monoisotopic (exact) mass is 255 g/mol. The highest BCUT2D eigenvalue weighted by molar-refractivity contribution is 6.33. The molecule has 1 aromatic rings. The zero-order chi connectivity index (χ0) is 12.3. The van der Waals surface area contributed by atoms with Gasteiger partial charge in [-0.15, -0.1) is 0 Å². The Morgan fingerprint density at radius 2 is 1.71 bits per heavy atom. The topological polar surface area (TPSA) is 30.5 Å². The normalized spacial score (nSPS) is 15.9. The van der Waals surface area contributed by atoms with Gasteiger partial charge in [-0.05, 0) is 12.8 Å². The number of anilines is 1. The van der Waals surface area contributed by atoms with Gasteiger partial charge in [0.05, 0.1) is 24.9 Å². The van der Waals surface area contributed by atoms with Crippen molar-refractivity contribution in [3.05, 3.63) is 17.2 Å². The van der Waals surface area contributed by atoms with Crippen LogP contribution in [0.15, 0.2) is 12.1 Å². The first-order valence-corrected chi connectivity index (χ1v) is 6.30. The first-order valence-electron chi connectivity index (χ1n) is 5.92. The van der Waals surface area contributed by atoms with Crippen LogP contribution in [0.4, 0.5) is 5.69 Å². The predicted molar refractivity (Wildman–Crippen MR) is 70.4 cm³/mol. The molecule has 17 heavy (non-hydrogen) atoms. The average molecular weight is 256 g/mol. The first-order chi connectivity index (χ1) is 8.24. The van der Waals surface area contributed by atoms with E-state index in [-0.39, 0.29) is 0 Å². The summed E-state index contributed by atoms with van der Waals surface area (Å²) >= 11 is 6.22. The second-order valence-electron chi connectivity index (χ2n) is 4.31. The molecule has 0 saturated heterocycles. The molecule has 94 valence electrons. The Bertz CT molecular complexity index is 389. The minimum Gasteiger partial charge on any atom is -0.493 e. The standard InChI is InChI=1S/C13H18ClNO2/c1-16-12-7-10(14)11(8-13(12)17-2)15-9-5-3-4-6-9/h7-9,15H,3-6H2,1-2H3. The third kappa shape index (κ3) is 2.78. The molecule has 1 fully saturated rings. The van der Waals surface area contributed by atoms with Crippen molar-refractivity contribution < 1.29 is 9.47 Å². The summed E-state index contributed by atoms with van der Waals surface area (Å²) in [5, 5.41) is 4.14. The van der Waals surface area contributed by atoms with Crippen LogP contribution in [-0.2, 0) is 0 Å². The Kier molecular flexibility index (Phi) is 4.00. The Labute approximate surface area is 107 Å². The molecule has 0 spiro atoms. The number of nitrogens with one attached hydrogen (secondary N) is 1. The molecule has 2 rings (SSSR count). The second kappa shape index (κ2) is 5.50. The van der Waals surface area contributed by atoms with Gasteiger partial charge in [-0.3, -0.25) is 0 Å². The molecule has 0 bridgehead atoms. The predicted octanol–water partition coefficient (Wildman–Crippen LogP) is 3.71. The Balaban J connectivity index is 2.20. The van der Waals surface area contributed by atoms with E-state index in [9.17, 15) is 0 Å². The van der Waals surface area contributed by atoms with Gasteiger partial charge in [0.15, 0.2) is 11.5 Å². The van der Waals surface area contributed by atoms with Gasteiger partial charge in [0.1, 0.15) is 0 Å². The van der Waals surface area contributed by atoms with Crippen molar-refractivity contribution in [1.82, 2.24) is 0 Å². The van der Waals surface area contributed by atoms with Crippen LogP contribution in [0.1, 0.15) is 25.7 Å². The number of methoxy groups -OCH3 is 2. The Hall–Kier alpha value is -1.09. The van der Waals surface area contributed by atoms with E-state index in [1.54, 1.807) is 20.3 Å². The maximum atomic E-state index is 6.22. The van der Waals surface area contributed by atoms with Crippen LogP contribution in [0.3, 0.4) is 0 Å². The summed E-state index contributed by atoms with van der Waals surface area (Å²) in [6, 6.07) is 4.22. The smallest absolute Gasteiger partial charge is 0.162 e. The molecule has 0 aliphatic heterocycles. The van der Waals surface area contributed by atoms with Gasteiger partial charge >= 0.3 is 0 Å². The largest absolute Gasteiger partial charge is 0.493 e. The fraction of sp³-hybridized carbons (Fsp3) is 0.538. The molecular weight excluding hydrogens is 238 g/mol. The molecule has 0 atom stereocenters. The first kappa shape index (κ1) is 12.4. The van der Waals surface area contributed by atoms with Crippen molar-refractivity contribution in [1.29, 1.82) is 0 Å². The fourth-order valence-corrected chi connectivity index (χ4v) is 2.46. The lowest BCUT2D eigenvalue weighted by Gasteiger charge is -2.17. The molecule has 1 saturated carbocycles. The number of hydrogen-bond donors (Lipinski definition) is 1. The highest BCUT2D eigenvalue weighted by Gasteiger charge is 2.17. The van der Waals surface area contributed by atoms with Gasteiger partial charge in [-0.1, -0.05) is 24.4 Å². The van der Waals surface area contributed by atoms with E-state index < -0.39 is 0 Å². The second-order valence-corrected chi connectivity index (χ2v) is 4.72. The van der Waals surface area contributed by atoms with Gasteiger partial charge in [0.25, 0.3) is 0 Å². The van der Waals surface area contributed by atoms with Crippen molar-refractivity contribution in [2.45, 2.75) is 31.7 Å². The molecule has 0 unspecified atom stereocenters. The van der Waals surface area contributed by atoms with E-state index in [2.05, 4.69) is 5.32 Å². The van der Waals surface area contributed by atoms with Crippen molar-refractivity contribution in [2.75, 3.05) is 19.5 Å². The van der Waals surface area contributed by atoms with Crippen molar-refractivity contribution in [2.24, 2.45) is 0 Å². The van der Waals surface area contributed by atoms with Crippen LogP contribution >= 0.6 is 11.6 Å². The lowest BCUT2D eigenvalue weighted by Crippen LogP contribution is -2.14. The SMILES string of the molecule is COc1cc(Cl)c(NC2CCCC2)cc1OC. The van der Waals surface area contributed by atoms with E-state index in [0.717, 1.165) is 5.69 Å². The minimum absolute atomic E-state index is 0.533. The third-order valence-corrected chi connectivity index (χ3v) is 3.50. The molecule has 4 heteroatoms. The molecule has 0 radical (unpaired) electrons. The summed E-state index contributed by atoms with van der Waals surface area (Å²) in [6.07, 6.45) is 5.01. The van der Waals surface area contributed by atoms with Gasteiger partial charge in [-0.25, -0.2) is 0 Å². The van der Waals surface area contributed by atoms with Crippen molar-refractivity contribution >= 4 is 17.3 Å². The molecule has 0 aromatic heterocycles. The third-order valence-electron chi connectivity index (χ3n) is 3.19. The molecule has 1 aliphatic carbocycles. The highest BCUT2D eigenvalue weighted by Crippen LogP contribution is 2.37. The van der Waals surface area contributed by atoms with Crippen LogP contribution in [0.5, 0.6) is 11.5 Å². The molecule has 0 amide bonds. The molecule has 1 N–H and O–H groups in total. The summed E-state index contributed by atoms with van der Waals surface area (Å²) in [5.41, 5.74) is 0.927. The minimum atomic E-state index is 0.533. The maximum Gasteiger partial charge on any atom is 0.162 e. The van der Waals surface area contributed by atoms with Crippen LogP contribution in [0.2, 0.25) is 5.02 Å². The Morgan fingerprint density at radius 1 is 1.12 bits per heavy atom. The molecule has 3 nitrogen and oxygen atoms in total. The van der Waals surface area contributed by atoms with E-state index >= 15 is 0 Å². The van der Waals surface area contributed by atoms with Gasteiger partial charge in [-0.2, -0.15) is 0 Å². The van der Waals surface area contributed by atoms with Crippen LogP contribution in [0.25, 0.3) is 0 Å². The lowest BCUT2D eigenvalue weighted by molar-refractivity contribution is 0.355. The molecule has 1 aromatic carbocycles. The van der Waals surface area contributed by atoms with E-state index in [0.29, 0.717) is 22.6 Å². The zero-order valence-corrected chi connectivity index (χ0v) is 11.0. The number of halogens is 1. The van der Waals surface area contributed by atoms with Crippen LogP contribution in [-0.4, -0.2) is 20.3 Å². The quantitative estimate of drug-likeness (QED) is 0.890. The highest BCUT2D eigenvalue weighted by atomic mass is 35.5. The van der Waals surface area contributed by atoms with Crippen molar-refractivity contribution in [3.8, 4) is 11.5 Å². The lowest BCUT2D eigenvalue weighted by atomic mass is 10.2. The number of hydrogen-bond acceptors (Lipinski definition) is 3. The number of benzene rings is 1. The van der Waals surface area contributed by atoms with Crippen LogP contribution < -0.4 is 14.8 Å². The number of rotatable bonds is 4. The summed E-state index contributed by atoms with van der Waals surface area (Å²) in [4.78, 5) is 0.